The number of hydrogen-bond acceptors (Lipinski definition) is 3. The molecule has 1 aromatic heterocycles. The molecule has 0 bridgehead atoms. The van der Waals surface area contributed by atoms with Crippen LogP contribution in [0.25, 0.3) is 0 Å². The summed E-state index contributed by atoms with van der Waals surface area (Å²) in [5.74, 6) is 1.14. The Kier molecular flexibility index (Phi) is 2.84. The van der Waals surface area contributed by atoms with E-state index >= 15 is 0 Å². The number of aromatic nitrogens is 2. The summed E-state index contributed by atoms with van der Waals surface area (Å²) in [6, 6.07) is 1.07. The van der Waals surface area contributed by atoms with Gasteiger partial charge in [-0.3, -0.25) is 0 Å². The minimum atomic E-state index is 0.431. The largest absolute Gasteiger partial charge is 0.338 e. The van der Waals surface area contributed by atoms with Crippen molar-refractivity contribution < 1.29 is 0 Å². The maximum atomic E-state index is 5.70. The van der Waals surface area contributed by atoms with Crippen LogP contribution in [0.2, 0.25) is 0 Å². The molecule has 0 aromatic carbocycles. The van der Waals surface area contributed by atoms with Crippen molar-refractivity contribution in [1.29, 1.82) is 0 Å². The third-order valence-corrected chi connectivity index (χ3v) is 2.88. The first-order valence-corrected chi connectivity index (χ1v) is 5.21. The van der Waals surface area contributed by atoms with Gasteiger partial charge in [-0.25, -0.2) is 4.98 Å². The van der Waals surface area contributed by atoms with E-state index in [9.17, 15) is 0 Å². The third-order valence-electron chi connectivity index (χ3n) is 2.88. The minimum absolute atomic E-state index is 0.431. The average Bonchev–Trinajstić information content (AvgIpc) is 2.49. The van der Waals surface area contributed by atoms with Crippen LogP contribution in [-0.2, 0) is 13.5 Å². The molecule has 0 aliphatic heterocycles. The van der Waals surface area contributed by atoms with Gasteiger partial charge in [-0.1, -0.05) is 0 Å². The molecule has 1 fully saturated rings. The topological polar surface area (TPSA) is 55.9 Å². The highest BCUT2D eigenvalue weighted by molar-refractivity contribution is 4.93. The highest BCUT2D eigenvalue weighted by Gasteiger charge is 2.24. The van der Waals surface area contributed by atoms with Crippen molar-refractivity contribution in [3.05, 3.63) is 18.2 Å². The molecule has 3 N–H and O–H groups in total. The molecule has 4 heteroatoms. The standard InChI is InChI=1S/C10H18N4/c1-14-5-4-13-10(14)2-3-12-9-6-8(11)7-9/h4-5,8-9,12H,2-3,6-7,11H2,1H3. The summed E-state index contributed by atoms with van der Waals surface area (Å²) in [7, 11) is 2.03. The summed E-state index contributed by atoms with van der Waals surface area (Å²) >= 11 is 0. The van der Waals surface area contributed by atoms with Crippen molar-refractivity contribution in [2.75, 3.05) is 6.54 Å². The summed E-state index contributed by atoms with van der Waals surface area (Å²) in [5.41, 5.74) is 5.70. The van der Waals surface area contributed by atoms with Crippen molar-refractivity contribution in [3.8, 4) is 0 Å². The summed E-state index contributed by atoms with van der Waals surface area (Å²) in [5, 5.41) is 3.48. The molecule has 0 radical (unpaired) electrons. The first-order chi connectivity index (χ1) is 6.75. The van der Waals surface area contributed by atoms with Crippen LogP contribution in [0.15, 0.2) is 12.4 Å². The summed E-state index contributed by atoms with van der Waals surface area (Å²) in [4.78, 5) is 4.27. The number of nitrogens with two attached hydrogens (primary N) is 1. The smallest absolute Gasteiger partial charge is 0.109 e. The van der Waals surface area contributed by atoms with Gasteiger partial charge in [0.2, 0.25) is 0 Å². The molecule has 1 saturated carbocycles. The predicted octanol–water partition coefficient (Wildman–Crippen LogP) is 0.0419. The third kappa shape index (κ3) is 2.13. The van der Waals surface area contributed by atoms with Crippen molar-refractivity contribution in [2.45, 2.75) is 31.3 Å². The van der Waals surface area contributed by atoms with E-state index in [1.54, 1.807) is 0 Å². The molecule has 1 heterocycles. The monoisotopic (exact) mass is 194 g/mol. The van der Waals surface area contributed by atoms with E-state index in [2.05, 4.69) is 14.9 Å². The van der Waals surface area contributed by atoms with E-state index < -0.39 is 0 Å². The molecule has 0 spiro atoms. The molecule has 1 aliphatic rings. The van der Waals surface area contributed by atoms with Gasteiger partial charge in [0.05, 0.1) is 0 Å². The van der Waals surface area contributed by atoms with Gasteiger partial charge >= 0.3 is 0 Å². The first kappa shape index (κ1) is 9.68. The lowest BCUT2D eigenvalue weighted by Crippen LogP contribution is -2.48. The van der Waals surface area contributed by atoms with Gasteiger partial charge in [0.15, 0.2) is 0 Å². The Morgan fingerprint density at radius 2 is 2.43 bits per heavy atom. The van der Waals surface area contributed by atoms with E-state index in [0.717, 1.165) is 31.6 Å². The Balaban J connectivity index is 1.66. The molecule has 78 valence electrons. The normalized spacial score (nSPS) is 26.1. The number of rotatable bonds is 4. The SMILES string of the molecule is Cn1ccnc1CCNC1CC(N)C1. The van der Waals surface area contributed by atoms with Crippen LogP contribution < -0.4 is 11.1 Å². The first-order valence-electron chi connectivity index (χ1n) is 5.21. The number of aryl methyl sites for hydroxylation is 1. The van der Waals surface area contributed by atoms with Crippen molar-refractivity contribution in [2.24, 2.45) is 12.8 Å². The van der Waals surface area contributed by atoms with Crippen LogP contribution in [0.4, 0.5) is 0 Å². The van der Waals surface area contributed by atoms with Gasteiger partial charge in [0.25, 0.3) is 0 Å². The van der Waals surface area contributed by atoms with Gasteiger partial charge in [-0.05, 0) is 12.8 Å². The summed E-state index contributed by atoms with van der Waals surface area (Å²) in [6.07, 6.45) is 7.07. The Hall–Kier alpha value is -0.870. The van der Waals surface area contributed by atoms with Gasteiger partial charge < -0.3 is 15.6 Å². The molecule has 1 aromatic rings. The fraction of sp³-hybridized carbons (Fsp3) is 0.700. The molecule has 14 heavy (non-hydrogen) atoms. The van der Waals surface area contributed by atoms with E-state index in [1.165, 1.54) is 0 Å². The number of nitrogens with zero attached hydrogens (tertiary/aromatic N) is 2. The fourth-order valence-electron chi connectivity index (χ4n) is 1.85. The zero-order valence-corrected chi connectivity index (χ0v) is 8.61. The Morgan fingerprint density at radius 1 is 1.64 bits per heavy atom. The molecule has 4 nitrogen and oxygen atoms in total. The highest BCUT2D eigenvalue weighted by atomic mass is 15.0. The summed E-state index contributed by atoms with van der Waals surface area (Å²) < 4.78 is 2.06. The van der Waals surface area contributed by atoms with Gasteiger partial charge in [-0.15, -0.1) is 0 Å². The average molecular weight is 194 g/mol. The van der Waals surface area contributed by atoms with Gasteiger partial charge in [0, 0.05) is 44.5 Å². The van der Waals surface area contributed by atoms with Gasteiger partial charge in [0.1, 0.15) is 5.82 Å². The number of nitrogens with one attached hydrogen (secondary N) is 1. The lowest BCUT2D eigenvalue weighted by molar-refractivity contribution is 0.293. The summed E-state index contributed by atoms with van der Waals surface area (Å²) in [6.45, 7) is 1.00. The second kappa shape index (κ2) is 4.11. The Morgan fingerprint density at radius 3 is 3.00 bits per heavy atom. The number of hydrogen-bond donors (Lipinski definition) is 2. The predicted molar refractivity (Wildman–Crippen MR) is 55.9 cm³/mol. The van der Waals surface area contributed by atoms with E-state index in [4.69, 9.17) is 5.73 Å². The second-order valence-corrected chi connectivity index (χ2v) is 4.09. The molecular weight excluding hydrogens is 176 g/mol. The van der Waals surface area contributed by atoms with Crippen LogP contribution in [0.3, 0.4) is 0 Å². The second-order valence-electron chi connectivity index (χ2n) is 4.09. The van der Waals surface area contributed by atoms with Crippen LogP contribution >= 0.6 is 0 Å². The van der Waals surface area contributed by atoms with E-state index in [0.29, 0.717) is 12.1 Å². The zero-order valence-electron chi connectivity index (χ0n) is 8.61. The molecular formula is C10H18N4. The zero-order chi connectivity index (χ0) is 9.97. The lowest BCUT2D eigenvalue weighted by Gasteiger charge is -2.33. The van der Waals surface area contributed by atoms with Gasteiger partial charge in [-0.2, -0.15) is 0 Å². The molecule has 0 atom stereocenters. The minimum Gasteiger partial charge on any atom is -0.338 e. The highest BCUT2D eigenvalue weighted by Crippen LogP contribution is 2.16. The van der Waals surface area contributed by atoms with Crippen LogP contribution in [0.1, 0.15) is 18.7 Å². The van der Waals surface area contributed by atoms with Crippen LogP contribution in [0.5, 0.6) is 0 Å². The Labute approximate surface area is 84.5 Å². The lowest BCUT2D eigenvalue weighted by atomic mass is 9.88. The molecule has 0 unspecified atom stereocenters. The molecule has 1 aliphatic carbocycles. The molecule has 0 amide bonds. The van der Waals surface area contributed by atoms with Crippen molar-refractivity contribution in [3.63, 3.8) is 0 Å². The van der Waals surface area contributed by atoms with Crippen LogP contribution in [0, 0.1) is 0 Å². The van der Waals surface area contributed by atoms with Crippen LogP contribution in [-0.4, -0.2) is 28.2 Å². The fourth-order valence-corrected chi connectivity index (χ4v) is 1.85. The maximum Gasteiger partial charge on any atom is 0.109 e. The maximum absolute atomic E-state index is 5.70. The molecule has 0 saturated heterocycles. The van der Waals surface area contributed by atoms with Crippen molar-refractivity contribution >= 4 is 0 Å². The van der Waals surface area contributed by atoms with E-state index in [1.807, 2.05) is 19.4 Å². The molecule has 2 rings (SSSR count). The number of imidazole rings is 1. The van der Waals surface area contributed by atoms with E-state index in [-0.39, 0.29) is 0 Å². The van der Waals surface area contributed by atoms with Crippen molar-refractivity contribution in [1.82, 2.24) is 14.9 Å². The Bertz CT molecular complexity index is 288. The quantitative estimate of drug-likeness (QED) is 0.711.